The van der Waals surface area contributed by atoms with Crippen LogP contribution in [0.25, 0.3) is 0 Å². The first-order valence-electron chi connectivity index (χ1n) is 10.2. The van der Waals surface area contributed by atoms with Crippen molar-refractivity contribution in [2.24, 2.45) is 0 Å². The highest BCUT2D eigenvalue weighted by atomic mass is 32.2. The zero-order chi connectivity index (χ0) is 20.9. The molecular formula is C23H24N4O2S. The van der Waals surface area contributed by atoms with Gasteiger partial charge in [-0.2, -0.15) is 5.26 Å². The van der Waals surface area contributed by atoms with E-state index in [1.54, 1.807) is 23.9 Å². The maximum atomic E-state index is 13.0. The molecule has 2 unspecified atom stereocenters. The van der Waals surface area contributed by atoms with E-state index < -0.39 is 0 Å². The SMILES string of the molecule is N#Cc1ccc(CSC2NC(=O)CC(CC(=O)N3CCCc4ccccc43)N2)cc1. The normalized spacial score (nSPS) is 20.8. The number of rotatable bonds is 5. The molecule has 1 saturated heterocycles. The Morgan fingerprint density at radius 3 is 2.80 bits per heavy atom. The molecule has 154 valence electrons. The van der Waals surface area contributed by atoms with E-state index in [2.05, 4.69) is 22.8 Å². The van der Waals surface area contributed by atoms with Crippen LogP contribution in [0.1, 0.15) is 36.0 Å². The quantitative estimate of drug-likeness (QED) is 0.777. The van der Waals surface area contributed by atoms with Crippen molar-refractivity contribution in [3.8, 4) is 6.07 Å². The van der Waals surface area contributed by atoms with Gasteiger partial charge in [0, 0.05) is 36.9 Å². The van der Waals surface area contributed by atoms with Gasteiger partial charge in [-0.25, -0.2) is 0 Å². The Morgan fingerprint density at radius 1 is 1.20 bits per heavy atom. The van der Waals surface area contributed by atoms with Crippen LogP contribution in [0, 0.1) is 11.3 Å². The summed E-state index contributed by atoms with van der Waals surface area (Å²) in [4.78, 5) is 27.1. The van der Waals surface area contributed by atoms with E-state index in [4.69, 9.17) is 5.26 Å². The lowest BCUT2D eigenvalue weighted by atomic mass is 10.00. The van der Waals surface area contributed by atoms with Crippen LogP contribution < -0.4 is 15.5 Å². The number of hydrogen-bond acceptors (Lipinski definition) is 5. The number of thioether (sulfide) groups is 1. The highest BCUT2D eigenvalue weighted by Gasteiger charge is 2.30. The summed E-state index contributed by atoms with van der Waals surface area (Å²) < 4.78 is 0. The average Bonchev–Trinajstić information content (AvgIpc) is 2.77. The van der Waals surface area contributed by atoms with Crippen LogP contribution in [0.3, 0.4) is 0 Å². The third kappa shape index (κ3) is 4.84. The van der Waals surface area contributed by atoms with Gasteiger partial charge in [0.25, 0.3) is 0 Å². The van der Waals surface area contributed by atoms with Gasteiger partial charge in [0.05, 0.1) is 11.6 Å². The molecule has 0 bridgehead atoms. The molecule has 2 aromatic carbocycles. The van der Waals surface area contributed by atoms with E-state index in [0.717, 1.165) is 30.6 Å². The van der Waals surface area contributed by atoms with Crippen molar-refractivity contribution in [1.29, 1.82) is 5.26 Å². The number of hydrogen-bond donors (Lipinski definition) is 2. The lowest BCUT2D eigenvalue weighted by Gasteiger charge is -2.34. The summed E-state index contributed by atoms with van der Waals surface area (Å²) in [6.07, 6.45) is 2.56. The summed E-state index contributed by atoms with van der Waals surface area (Å²) >= 11 is 1.57. The molecule has 0 aliphatic carbocycles. The predicted octanol–water partition coefficient (Wildman–Crippen LogP) is 2.92. The Morgan fingerprint density at radius 2 is 2.00 bits per heavy atom. The van der Waals surface area contributed by atoms with Gasteiger partial charge in [0.15, 0.2) is 0 Å². The van der Waals surface area contributed by atoms with E-state index in [-0.39, 0.29) is 23.4 Å². The smallest absolute Gasteiger partial charge is 0.228 e. The van der Waals surface area contributed by atoms with Crippen LogP contribution in [-0.4, -0.2) is 29.9 Å². The summed E-state index contributed by atoms with van der Waals surface area (Å²) in [7, 11) is 0. The second-order valence-electron chi connectivity index (χ2n) is 7.62. The van der Waals surface area contributed by atoms with Crippen molar-refractivity contribution in [2.75, 3.05) is 11.4 Å². The standard InChI is InChI=1S/C23H24N4O2S/c24-14-16-7-9-17(10-8-16)15-30-23-25-19(12-21(28)26-23)13-22(29)27-11-3-5-18-4-1-2-6-20(18)27/h1-2,4,6-10,19,23,25H,3,5,11-13,15H2,(H,26,28). The molecule has 2 heterocycles. The molecule has 2 N–H and O–H groups in total. The molecule has 4 rings (SSSR count). The van der Waals surface area contributed by atoms with Gasteiger partial charge in [0.2, 0.25) is 11.8 Å². The summed E-state index contributed by atoms with van der Waals surface area (Å²) in [6, 6.07) is 17.4. The minimum Gasteiger partial charge on any atom is -0.332 e. The Kier molecular flexibility index (Phi) is 6.36. The van der Waals surface area contributed by atoms with Crippen molar-refractivity contribution >= 4 is 29.3 Å². The fourth-order valence-corrected chi connectivity index (χ4v) is 4.99. The topological polar surface area (TPSA) is 85.2 Å². The van der Waals surface area contributed by atoms with Crippen molar-refractivity contribution < 1.29 is 9.59 Å². The monoisotopic (exact) mass is 420 g/mol. The summed E-state index contributed by atoms with van der Waals surface area (Å²) in [5, 5.41) is 15.2. The number of carbonyl (C=O) groups is 2. The number of anilines is 1. The number of para-hydroxylation sites is 1. The van der Waals surface area contributed by atoms with Crippen molar-refractivity contribution in [1.82, 2.24) is 10.6 Å². The van der Waals surface area contributed by atoms with Crippen molar-refractivity contribution in [3.63, 3.8) is 0 Å². The Labute approximate surface area is 180 Å². The number of nitriles is 1. The highest BCUT2D eigenvalue weighted by Crippen LogP contribution is 2.28. The van der Waals surface area contributed by atoms with Gasteiger partial charge in [-0.15, -0.1) is 11.8 Å². The fourth-order valence-electron chi connectivity index (χ4n) is 3.93. The Hall–Kier alpha value is -2.82. The largest absolute Gasteiger partial charge is 0.332 e. The zero-order valence-electron chi connectivity index (χ0n) is 16.6. The predicted molar refractivity (Wildman–Crippen MR) is 118 cm³/mol. The van der Waals surface area contributed by atoms with Gasteiger partial charge in [-0.05, 0) is 42.2 Å². The van der Waals surface area contributed by atoms with Gasteiger partial charge in [0.1, 0.15) is 5.50 Å². The minimum absolute atomic E-state index is 0.0390. The lowest BCUT2D eigenvalue weighted by Crippen LogP contribution is -2.56. The molecule has 6 nitrogen and oxygen atoms in total. The zero-order valence-corrected chi connectivity index (χ0v) is 17.5. The molecule has 2 amide bonds. The maximum Gasteiger partial charge on any atom is 0.228 e. The molecule has 30 heavy (non-hydrogen) atoms. The molecule has 2 atom stereocenters. The van der Waals surface area contributed by atoms with E-state index in [1.807, 2.05) is 35.2 Å². The lowest BCUT2D eigenvalue weighted by molar-refractivity contribution is -0.124. The summed E-state index contributed by atoms with van der Waals surface area (Å²) in [5.41, 5.74) is 3.68. The number of aryl methyl sites for hydroxylation is 1. The van der Waals surface area contributed by atoms with Crippen LogP contribution in [0.15, 0.2) is 48.5 Å². The summed E-state index contributed by atoms with van der Waals surface area (Å²) in [6.45, 7) is 0.728. The first-order valence-corrected chi connectivity index (χ1v) is 11.2. The molecule has 0 saturated carbocycles. The van der Waals surface area contributed by atoms with E-state index in [9.17, 15) is 9.59 Å². The molecule has 2 aliphatic rings. The Balaban J connectivity index is 1.35. The highest BCUT2D eigenvalue weighted by molar-refractivity contribution is 7.99. The number of fused-ring (bicyclic) bond motifs is 1. The van der Waals surface area contributed by atoms with Gasteiger partial charge < -0.3 is 10.2 Å². The van der Waals surface area contributed by atoms with E-state index in [1.165, 1.54) is 5.56 Å². The number of benzene rings is 2. The molecule has 2 aliphatic heterocycles. The fraction of sp³-hybridized carbons (Fsp3) is 0.348. The third-order valence-electron chi connectivity index (χ3n) is 5.44. The number of carbonyl (C=O) groups excluding carboxylic acids is 2. The molecule has 0 radical (unpaired) electrons. The van der Waals surface area contributed by atoms with Crippen LogP contribution >= 0.6 is 11.8 Å². The van der Waals surface area contributed by atoms with Gasteiger partial charge >= 0.3 is 0 Å². The van der Waals surface area contributed by atoms with Gasteiger partial charge in [-0.3, -0.25) is 14.9 Å². The molecule has 7 heteroatoms. The molecular weight excluding hydrogens is 396 g/mol. The first-order chi connectivity index (χ1) is 14.6. The van der Waals surface area contributed by atoms with Crippen LogP contribution in [0.2, 0.25) is 0 Å². The second kappa shape index (κ2) is 9.33. The van der Waals surface area contributed by atoms with E-state index in [0.29, 0.717) is 24.2 Å². The third-order valence-corrected chi connectivity index (χ3v) is 6.53. The van der Waals surface area contributed by atoms with E-state index >= 15 is 0 Å². The number of nitrogens with zero attached hydrogens (tertiary/aromatic N) is 2. The summed E-state index contributed by atoms with van der Waals surface area (Å²) in [5.74, 6) is 0.720. The minimum atomic E-state index is -0.242. The average molecular weight is 421 g/mol. The maximum absolute atomic E-state index is 13.0. The first kappa shape index (κ1) is 20.5. The second-order valence-corrected chi connectivity index (χ2v) is 8.71. The van der Waals surface area contributed by atoms with Crippen LogP contribution in [0.4, 0.5) is 5.69 Å². The van der Waals surface area contributed by atoms with Crippen LogP contribution in [0.5, 0.6) is 0 Å². The Bertz CT molecular complexity index is 970. The van der Waals surface area contributed by atoms with Crippen molar-refractivity contribution in [3.05, 3.63) is 65.2 Å². The van der Waals surface area contributed by atoms with Gasteiger partial charge in [-0.1, -0.05) is 30.3 Å². The van der Waals surface area contributed by atoms with Crippen molar-refractivity contribution in [2.45, 2.75) is 43.0 Å². The molecule has 0 aromatic heterocycles. The molecule has 1 fully saturated rings. The molecule has 0 spiro atoms. The number of nitrogens with one attached hydrogen (secondary N) is 2. The molecule has 2 aromatic rings. The van der Waals surface area contributed by atoms with Crippen LogP contribution in [-0.2, 0) is 21.8 Å². The number of amides is 2.